The third-order valence-corrected chi connectivity index (χ3v) is 1.94. The Hall–Kier alpha value is -0.0800. The van der Waals surface area contributed by atoms with Crippen molar-refractivity contribution < 1.29 is 0 Å². The molecule has 0 saturated carbocycles. The molecule has 0 spiro atoms. The molecule has 0 atom stereocenters. The number of nitrogens with one attached hydrogen (secondary N) is 1. The first-order valence-corrected chi connectivity index (χ1v) is 5.05. The molecule has 0 aliphatic rings. The average Bonchev–Trinajstić information content (AvgIpc) is 1.96. The van der Waals surface area contributed by atoms with Crippen LogP contribution in [0.3, 0.4) is 0 Å². The second-order valence-electron chi connectivity index (χ2n) is 3.92. The summed E-state index contributed by atoms with van der Waals surface area (Å²) in [5.74, 6) is 0. The van der Waals surface area contributed by atoms with E-state index < -0.39 is 0 Å². The minimum atomic E-state index is 0.586. The molecule has 0 fully saturated rings. The van der Waals surface area contributed by atoms with Gasteiger partial charge in [0, 0.05) is 18.8 Å². The molecule has 0 amide bonds. The number of hydrogen-bond acceptors (Lipinski definition) is 2. The van der Waals surface area contributed by atoms with Crippen LogP contribution in [0.4, 0.5) is 0 Å². The van der Waals surface area contributed by atoms with Gasteiger partial charge in [0.1, 0.15) is 0 Å². The van der Waals surface area contributed by atoms with E-state index in [1.807, 2.05) is 0 Å². The van der Waals surface area contributed by atoms with Crippen LogP contribution in [0, 0.1) is 0 Å². The van der Waals surface area contributed by atoms with E-state index in [9.17, 15) is 0 Å². The summed E-state index contributed by atoms with van der Waals surface area (Å²) in [4.78, 5) is 2.46. The molecule has 74 valence electrons. The van der Waals surface area contributed by atoms with E-state index in [1.165, 1.54) is 13.0 Å². The molecule has 0 unspecified atom stereocenters. The average molecular weight is 172 g/mol. The summed E-state index contributed by atoms with van der Waals surface area (Å²) < 4.78 is 0. The molecule has 0 aromatic heterocycles. The van der Waals surface area contributed by atoms with Crippen LogP contribution in [0.5, 0.6) is 0 Å². The van der Waals surface area contributed by atoms with Gasteiger partial charge in [0.25, 0.3) is 0 Å². The molecule has 12 heavy (non-hydrogen) atoms. The van der Waals surface area contributed by atoms with Crippen molar-refractivity contribution in [3.63, 3.8) is 0 Å². The second-order valence-corrected chi connectivity index (χ2v) is 3.92. The van der Waals surface area contributed by atoms with E-state index in [0.29, 0.717) is 12.1 Å². The Bertz CT molecular complexity index is 100. The Balaban J connectivity index is 3.63. The first-order chi connectivity index (χ1) is 5.57. The topological polar surface area (TPSA) is 15.3 Å². The summed E-state index contributed by atoms with van der Waals surface area (Å²) in [5, 5.41) is 3.44. The SMILES string of the molecule is CCCN(CNC(C)C)C(C)C. The lowest BCUT2D eigenvalue weighted by Crippen LogP contribution is -2.41. The Morgan fingerprint density at radius 3 is 2.08 bits per heavy atom. The lowest BCUT2D eigenvalue weighted by Gasteiger charge is -2.27. The summed E-state index contributed by atoms with van der Waals surface area (Å²) in [5.41, 5.74) is 0. The minimum absolute atomic E-state index is 0.586. The molecule has 0 aromatic rings. The third-order valence-electron chi connectivity index (χ3n) is 1.94. The van der Waals surface area contributed by atoms with Gasteiger partial charge in [-0.15, -0.1) is 0 Å². The highest BCUT2D eigenvalue weighted by Gasteiger charge is 2.07. The van der Waals surface area contributed by atoms with Gasteiger partial charge in [-0.3, -0.25) is 4.90 Å². The Morgan fingerprint density at radius 1 is 1.17 bits per heavy atom. The molecule has 0 aliphatic carbocycles. The van der Waals surface area contributed by atoms with Crippen LogP contribution in [0.1, 0.15) is 41.0 Å². The number of rotatable bonds is 6. The van der Waals surface area contributed by atoms with Crippen molar-refractivity contribution in [1.29, 1.82) is 0 Å². The fourth-order valence-electron chi connectivity index (χ4n) is 1.11. The molecule has 1 N–H and O–H groups in total. The zero-order chi connectivity index (χ0) is 9.56. The van der Waals surface area contributed by atoms with Crippen molar-refractivity contribution in [1.82, 2.24) is 10.2 Å². The van der Waals surface area contributed by atoms with Gasteiger partial charge in [0.2, 0.25) is 0 Å². The quantitative estimate of drug-likeness (QED) is 0.617. The second kappa shape index (κ2) is 6.44. The fraction of sp³-hybridized carbons (Fsp3) is 1.00. The molecule has 0 heterocycles. The van der Waals surface area contributed by atoms with Gasteiger partial charge in [-0.05, 0) is 40.7 Å². The molecular formula is C10H24N2. The Labute approximate surface area is 77.3 Å². The van der Waals surface area contributed by atoms with E-state index in [4.69, 9.17) is 0 Å². The molecule has 0 saturated heterocycles. The first kappa shape index (κ1) is 11.9. The van der Waals surface area contributed by atoms with Crippen molar-refractivity contribution in [3.05, 3.63) is 0 Å². The van der Waals surface area contributed by atoms with Crippen LogP contribution in [0.15, 0.2) is 0 Å². The minimum Gasteiger partial charge on any atom is -0.302 e. The molecule has 0 bridgehead atoms. The summed E-state index contributed by atoms with van der Waals surface area (Å²) in [6.45, 7) is 13.3. The maximum Gasteiger partial charge on any atom is 0.0484 e. The van der Waals surface area contributed by atoms with Crippen LogP contribution < -0.4 is 5.32 Å². The zero-order valence-corrected chi connectivity index (χ0v) is 9.22. The van der Waals surface area contributed by atoms with Crippen LogP contribution in [-0.2, 0) is 0 Å². The molecule has 0 rings (SSSR count). The third kappa shape index (κ3) is 5.56. The molecule has 0 radical (unpaired) electrons. The highest BCUT2D eigenvalue weighted by molar-refractivity contribution is 4.62. The van der Waals surface area contributed by atoms with Crippen molar-refractivity contribution in [3.8, 4) is 0 Å². The molecule has 2 heteroatoms. The zero-order valence-electron chi connectivity index (χ0n) is 9.22. The van der Waals surface area contributed by atoms with Crippen molar-refractivity contribution in [2.45, 2.75) is 53.1 Å². The fourth-order valence-corrected chi connectivity index (χ4v) is 1.11. The summed E-state index contributed by atoms with van der Waals surface area (Å²) in [7, 11) is 0. The van der Waals surface area contributed by atoms with Crippen molar-refractivity contribution in [2.24, 2.45) is 0 Å². The number of nitrogens with zero attached hydrogens (tertiary/aromatic N) is 1. The largest absolute Gasteiger partial charge is 0.302 e. The van der Waals surface area contributed by atoms with Crippen LogP contribution >= 0.6 is 0 Å². The standard InChI is InChI=1S/C10H24N2/c1-6-7-12(10(4)5)8-11-9(2)3/h9-11H,6-8H2,1-5H3. The van der Waals surface area contributed by atoms with Crippen LogP contribution in [0.25, 0.3) is 0 Å². The first-order valence-electron chi connectivity index (χ1n) is 5.05. The van der Waals surface area contributed by atoms with Gasteiger partial charge < -0.3 is 5.32 Å². The van der Waals surface area contributed by atoms with E-state index in [1.54, 1.807) is 0 Å². The van der Waals surface area contributed by atoms with Gasteiger partial charge in [-0.1, -0.05) is 6.92 Å². The highest BCUT2D eigenvalue weighted by Crippen LogP contribution is 1.97. The van der Waals surface area contributed by atoms with Gasteiger partial charge >= 0.3 is 0 Å². The Morgan fingerprint density at radius 2 is 1.75 bits per heavy atom. The highest BCUT2D eigenvalue weighted by atomic mass is 15.2. The van der Waals surface area contributed by atoms with Crippen molar-refractivity contribution in [2.75, 3.05) is 13.2 Å². The summed E-state index contributed by atoms with van der Waals surface area (Å²) >= 11 is 0. The molecular weight excluding hydrogens is 148 g/mol. The van der Waals surface area contributed by atoms with E-state index in [2.05, 4.69) is 44.8 Å². The maximum absolute atomic E-state index is 3.44. The van der Waals surface area contributed by atoms with Crippen LogP contribution in [0.2, 0.25) is 0 Å². The van der Waals surface area contributed by atoms with E-state index in [-0.39, 0.29) is 0 Å². The van der Waals surface area contributed by atoms with Crippen LogP contribution in [-0.4, -0.2) is 30.2 Å². The van der Waals surface area contributed by atoms with Crippen molar-refractivity contribution >= 4 is 0 Å². The lowest BCUT2D eigenvalue weighted by atomic mass is 10.3. The molecule has 0 aliphatic heterocycles. The predicted molar refractivity (Wildman–Crippen MR) is 55.3 cm³/mol. The van der Waals surface area contributed by atoms with Gasteiger partial charge in [-0.25, -0.2) is 0 Å². The van der Waals surface area contributed by atoms with Gasteiger partial charge in [0.15, 0.2) is 0 Å². The van der Waals surface area contributed by atoms with Gasteiger partial charge in [-0.2, -0.15) is 0 Å². The molecule has 2 nitrogen and oxygen atoms in total. The molecule has 0 aromatic carbocycles. The Kier molecular flexibility index (Phi) is 6.39. The monoisotopic (exact) mass is 172 g/mol. The smallest absolute Gasteiger partial charge is 0.0484 e. The summed E-state index contributed by atoms with van der Waals surface area (Å²) in [6, 6.07) is 1.24. The van der Waals surface area contributed by atoms with E-state index in [0.717, 1.165) is 6.67 Å². The maximum atomic E-state index is 3.44. The predicted octanol–water partition coefficient (Wildman–Crippen LogP) is 2.06. The summed E-state index contributed by atoms with van der Waals surface area (Å²) in [6.07, 6.45) is 1.23. The normalized spacial score (nSPS) is 12.0. The van der Waals surface area contributed by atoms with E-state index >= 15 is 0 Å². The lowest BCUT2D eigenvalue weighted by molar-refractivity contribution is 0.198. The van der Waals surface area contributed by atoms with Gasteiger partial charge in [0.05, 0.1) is 0 Å². The number of hydrogen-bond donors (Lipinski definition) is 1.